The van der Waals surface area contributed by atoms with Gasteiger partial charge in [0, 0.05) is 18.8 Å². The van der Waals surface area contributed by atoms with E-state index in [1.165, 1.54) is 0 Å². The molecule has 0 atom stereocenters. The molecule has 4 nitrogen and oxygen atoms in total. The van der Waals surface area contributed by atoms with E-state index in [1.54, 1.807) is 18.3 Å². The Morgan fingerprint density at radius 1 is 1.30 bits per heavy atom. The van der Waals surface area contributed by atoms with Crippen LogP contribution in [-0.2, 0) is 0 Å². The number of nitrogens with one attached hydrogen (secondary N) is 1. The Morgan fingerprint density at radius 3 is 2.65 bits per heavy atom. The highest BCUT2D eigenvalue weighted by atomic mass is 35.5. The van der Waals surface area contributed by atoms with Gasteiger partial charge in [-0.2, -0.15) is 0 Å². The monoisotopic (exact) mass is 293 g/mol. The molecule has 1 saturated carbocycles. The molecule has 108 valence electrons. The standard InChI is InChI=1S/C15H20ClN3O/c16-12-1-4-14(18-9-12)15(20)19(13-2-3-13)10-11-5-7-17-8-6-11/h1,4,9,11,13,17H,2-3,5-8,10H2. The average molecular weight is 294 g/mol. The highest BCUT2D eigenvalue weighted by molar-refractivity contribution is 6.30. The molecule has 0 aromatic carbocycles. The number of carbonyl (C=O) groups excluding carboxylic acids is 1. The lowest BCUT2D eigenvalue weighted by Gasteiger charge is -2.30. The normalized spacial score (nSPS) is 19.9. The summed E-state index contributed by atoms with van der Waals surface area (Å²) in [5.41, 5.74) is 0.509. The average Bonchev–Trinajstić information content (AvgIpc) is 3.30. The lowest BCUT2D eigenvalue weighted by molar-refractivity contribution is 0.0695. The summed E-state index contributed by atoms with van der Waals surface area (Å²) in [7, 11) is 0. The van der Waals surface area contributed by atoms with E-state index < -0.39 is 0 Å². The summed E-state index contributed by atoms with van der Waals surface area (Å²) in [5.74, 6) is 0.677. The van der Waals surface area contributed by atoms with Crippen LogP contribution < -0.4 is 5.32 Å². The van der Waals surface area contributed by atoms with Crippen molar-refractivity contribution >= 4 is 17.5 Å². The van der Waals surface area contributed by atoms with Crippen molar-refractivity contribution in [3.05, 3.63) is 29.0 Å². The first-order chi connectivity index (χ1) is 9.74. The first kappa shape index (κ1) is 13.8. The predicted molar refractivity (Wildman–Crippen MR) is 78.9 cm³/mol. The molecule has 1 saturated heterocycles. The Hall–Kier alpha value is -1.13. The first-order valence-corrected chi connectivity index (χ1v) is 7.75. The highest BCUT2D eigenvalue weighted by Crippen LogP contribution is 2.30. The number of rotatable bonds is 4. The van der Waals surface area contributed by atoms with Gasteiger partial charge in [-0.1, -0.05) is 11.6 Å². The van der Waals surface area contributed by atoms with Crippen LogP contribution in [0.15, 0.2) is 18.3 Å². The van der Waals surface area contributed by atoms with Gasteiger partial charge in [-0.15, -0.1) is 0 Å². The van der Waals surface area contributed by atoms with Gasteiger partial charge in [0.25, 0.3) is 5.91 Å². The fourth-order valence-corrected chi connectivity index (χ4v) is 2.89. The number of halogens is 1. The molecule has 0 spiro atoms. The Morgan fingerprint density at radius 2 is 2.05 bits per heavy atom. The van der Waals surface area contributed by atoms with Crippen LogP contribution in [0.3, 0.4) is 0 Å². The zero-order valence-corrected chi connectivity index (χ0v) is 12.3. The van der Waals surface area contributed by atoms with E-state index in [4.69, 9.17) is 11.6 Å². The summed E-state index contributed by atoms with van der Waals surface area (Å²) < 4.78 is 0. The molecule has 0 radical (unpaired) electrons. The summed E-state index contributed by atoms with van der Waals surface area (Å²) in [6.07, 6.45) is 6.12. The van der Waals surface area contributed by atoms with Crippen LogP contribution in [0.4, 0.5) is 0 Å². The Bertz CT molecular complexity index is 467. The molecule has 1 aliphatic carbocycles. The van der Waals surface area contributed by atoms with Gasteiger partial charge in [0.05, 0.1) is 5.02 Å². The molecule has 1 N–H and O–H groups in total. The minimum atomic E-state index is 0.0581. The minimum Gasteiger partial charge on any atom is -0.334 e. The SMILES string of the molecule is O=C(c1ccc(Cl)cn1)N(CC1CCNCC1)C1CC1. The molecule has 1 aliphatic heterocycles. The van der Waals surface area contributed by atoms with Gasteiger partial charge in [-0.3, -0.25) is 4.79 Å². The molecule has 0 unspecified atom stereocenters. The van der Waals surface area contributed by atoms with E-state index >= 15 is 0 Å². The summed E-state index contributed by atoms with van der Waals surface area (Å²) in [5, 5.41) is 3.94. The van der Waals surface area contributed by atoms with Crippen molar-refractivity contribution in [2.24, 2.45) is 5.92 Å². The lowest BCUT2D eigenvalue weighted by atomic mass is 9.97. The van der Waals surface area contributed by atoms with Crippen molar-refractivity contribution in [2.75, 3.05) is 19.6 Å². The quantitative estimate of drug-likeness (QED) is 0.927. The summed E-state index contributed by atoms with van der Waals surface area (Å²) in [6.45, 7) is 3.00. The zero-order chi connectivity index (χ0) is 13.9. The molecule has 20 heavy (non-hydrogen) atoms. The molecule has 1 aromatic heterocycles. The second-order valence-electron chi connectivity index (χ2n) is 5.74. The van der Waals surface area contributed by atoms with E-state index in [-0.39, 0.29) is 5.91 Å². The minimum absolute atomic E-state index is 0.0581. The zero-order valence-electron chi connectivity index (χ0n) is 11.5. The second kappa shape index (κ2) is 6.10. The molecule has 2 heterocycles. The van der Waals surface area contributed by atoms with E-state index in [0.717, 1.165) is 45.3 Å². The molecule has 2 fully saturated rings. The largest absolute Gasteiger partial charge is 0.334 e. The molecule has 0 bridgehead atoms. The number of pyridine rings is 1. The van der Waals surface area contributed by atoms with E-state index in [0.29, 0.717) is 22.7 Å². The van der Waals surface area contributed by atoms with Crippen LogP contribution in [0.25, 0.3) is 0 Å². The maximum Gasteiger partial charge on any atom is 0.272 e. The molecular formula is C15H20ClN3O. The summed E-state index contributed by atoms with van der Waals surface area (Å²) >= 11 is 5.83. The topological polar surface area (TPSA) is 45.2 Å². The van der Waals surface area contributed by atoms with Crippen LogP contribution in [0.1, 0.15) is 36.2 Å². The van der Waals surface area contributed by atoms with Crippen molar-refractivity contribution in [3.8, 4) is 0 Å². The molecule has 2 aliphatic rings. The number of aromatic nitrogens is 1. The van der Waals surface area contributed by atoms with Crippen molar-refractivity contribution < 1.29 is 4.79 Å². The molecule has 1 amide bonds. The van der Waals surface area contributed by atoms with Crippen LogP contribution in [0, 0.1) is 5.92 Å². The highest BCUT2D eigenvalue weighted by Gasteiger charge is 2.35. The van der Waals surface area contributed by atoms with Crippen LogP contribution in [0.5, 0.6) is 0 Å². The van der Waals surface area contributed by atoms with Gasteiger partial charge in [0.15, 0.2) is 0 Å². The van der Waals surface area contributed by atoms with Gasteiger partial charge >= 0.3 is 0 Å². The van der Waals surface area contributed by atoms with Crippen molar-refractivity contribution in [3.63, 3.8) is 0 Å². The fourth-order valence-electron chi connectivity index (χ4n) is 2.78. The van der Waals surface area contributed by atoms with E-state index in [9.17, 15) is 4.79 Å². The Kier molecular flexibility index (Phi) is 4.22. The van der Waals surface area contributed by atoms with Crippen molar-refractivity contribution in [2.45, 2.75) is 31.7 Å². The number of amides is 1. The van der Waals surface area contributed by atoms with Gasteiger partial charge in [-0.25, -0.2) is 4.98 Å². The lowest BCUT2D eigenvalue weighted by Crippen LogP contribution is -2.40. The van der Waals surface area contributed by atoms with Crippen LogP contribution in [0.2, 0.25) is 5.02 Å². The maximum absolute atomic E-state index is 12.6. The Labute approximate surface area is 124 Å². The molecule has 1 aromatic rings. The molecule has 3 rings (SSSR count). The van der Waals surface area contributed by atoms with E-state index in [1.807, 2.05) is 4.90 Å². The first-order valence-electron chi connectivity index (χ1n) is 7.37. The Balaban J connectivity index is 1.69. The van der Waals surface area contributed by atoms with Crippen LogP contribution >= 0.6 is 11.6 Å². The third-order valence-electron chi connectivity index (χ3n) is 4.11. The number of carbonyl (C=O) groups is 1. The van der Waals surface area contributed by atoms with Gasteiger partial charge < -0.3 is 10.2 Å². The molecular weight excluding hydrogens is 274 g/mol. The van der Waals surface area contributed by atoms with E-state index in [2.05, 4.69) is 10.3 Å². The third-order valence-corrected chi connectivity index (χ3v) is 4.33. The van der Waals surface area contributed by atoms with Gasteiger partial charge in [0.1, 0.15) is 5.69 Å². The number of nitrogens with zero attached hydrogens (tertiary/aromatic N) is 2. The smallest absolute Gasteiger partial charge is 0.272 e. The summed E-state index contributed by atoms with van der Waals surface area (Å²) in [4.78, 5) is 18.8. The van der Waals surface area contributed by atoms with Gasteiger partial charge in [0.2, 0.25) is 0 Å². The fraction of sp³-hybridized carbons (Fsp3) is 0.600. The number of hydrogen-bond donors (Lipinski definition) is 1. The van der Waals surface area contributed by atoms with Crippen molar-refractivity contribution in [1.29, 1.82) is 0 Å². The maximum atomic E-state index is 12.6. The number of piperidine rings is 1. The van der Waals surface area contributed by atoms with Gasteiger partial charge in [-0.05, 0) is 56.8 Å². The second-order valence-corrected chi connectivity index (χ2v) is 6.18. The third kappa shape index (κ3) is 3.30. The van der Waals surface area contributed by atoms with Crippen molar-refractivity contribution in [1.82, 2.24) is 15.2 Å². The summed E-state index contributed by atoms with van der Waals surface area (Å²) in [6, 6.07) is 3.88. The molecule has 5 heteroatoms. The van der Waals surface area contributed by atoms with Crippen LogP contribution in [-0.4, -0.2) is 41.5 Å². The number of hydrogen-bond acceptors (Lipinski definition) is 3. The predicted octanol–water partition coefficient (Wildman–Crippen LogP) is 2.34.